The van der Waals surface area contributed by atoms with Gasteiger partial charge in [-0.1, -0.05) is 24.2 Å². The smallest absolute Gasteiger partial charge is 0.318 e. The number of para-hydroxylation sites is 2. The van der Waals surface area contributed by atoms with Crippen molar-refractivity contribution in [3.63, 3.8) is 0 Å². The molecule has 1 aromatic heterocycles. The van der Waals surface area contributed by atoms with Crippen LogP contribution in [0.25, 0.3) is 0 Å². The number of ether oxygens (including phenoxy) is 2. The fraction of sp³-hybridized carbons (Fsp3) is 0.529. The zero-order valence-corrected chi connectivity index (χ0v) is 13.7. The number of anilines is 1. The molecule has 0 unspecified atom stereocenters. The van der Waals surface area contributed by atoms with Gasteiger partial charge in [-0.3, -0.25) is 0 Å². The Labute approximate surface area is 136 Å². The number of rotatable bonds is 6. The van der Waals surface area contributed by atoms with Crippen molar-refractivity contribution in [2.75, 3.05) is 25.1 Å². The van der Waals surface area contributed by atoms with Crippen LogP contribution >= 0.6 is 0 Å². The van der Waals surface area contributed by atoms with Crippen molar-refractivity contribution in [3.05, 3.63) is 30.2 Å². The molecule has 0 atom stereocenters. The van der Waals surface area contributed by atoms with E-state index < -0.39 is 0 Å². The maximum absolute atomic E-state index is 6.09. The highest BCUT2D eigenvalue weighted by molar-refractivity contribution is 5.39. The third kappa shape index (κ3) is 3.75. The molecule has 3 rings (SSSR count). The molecule has 0 bridgehead atoms. The lowest BCUT2D eigenvalue weighted by atomic mass is 10.1. The molecule has 2 heterocycles. The van der Waals surface area contributed by atoms with Gasteiger partial charge in [0.1, 0.15) is 6.10 Å². The van der Waals surface area contributed by atoms with Gasteiger partial charge in [-0.15, -0.1) is 5.10 Å². The van der Waals surface area contributed by atoms with Gasteiger partial charge >= 0.3 is 6.01 Å². The maximum atomic E-state index is 6.09. The maximum Gasteiger partial charge on any atom is 0.318 e. The number of hydrogen-bond donors (Lipinski definition) is 0. The third-order valence-electron chi connectivity index (χ3n) is 4.00. The highest BCUT2D eigenvalue weighted by Crippen LogP contribution is 2.29. The summed E-state index contributed by atoms with van der Waals surface area (Å²) in [6, 6.07) is 8.39. The summed E-state index contributed by atoms with van der Waals surface area (Å²) in [4.78, 5) is 2.13. The van der Waals surface area contributed by atoms with Crippen molar-refractivity contribution >= 4 is 6.01 Å². The molecule has 0 spiro atoms. The molecule has 0 saturated carbocycles. The second-order valence-corrected chi connectivity index (χ2v) is 5.68. The van der Waals surface area contributed by atoms with Crippen LogP contribution in [0.15, 0.2) is 28.7 Å². The van der Waals surface area contributed by atoms with Gasteiger partial charge < -0.3 is 18.8 Å². The average molecular weight is 317 g/mol. The molecule has 0 N–H and O–H groups in total. The molecule has 0 amide bonds. The highest BCUT2D eigenvalue weighted by atomic mass is 16.5. The first-order valence-electron chi connectivity index (χ1n) is 8.17. The SMILES string of the molecule is CCCc1nnc(N2CCC(Oc3ccccc3OC)CC2)o1. The number of benzene rings is 1. The van der Waals surface area contributed by atoms with E-state index in [9.17, 15) is 0 Å². The molecule has 2 aromatic rings. The van der Waals surface area contributed by atoms with Crippen LogP contribution in [-0.2, 0) is 6.42 Å². The summed E-state index contributed by atoms with van der Waals surface area (Å²) in [7, 11) is 1.66. The van der Waals surface area contributed by atoms with Gasteiger partial charge in [-0.25, -0.2) is 0 Å². The van der Waals surface area contributed by atoms with Crippen LogP contribution in [0.1, 0.15) is 32.1 Å². The second kappa shape index (κ2) is 7.35. The molecule has 1 saturated heterocycles. The lowest BCUT2D eigenvalue weighted by molar-refractivity contribution is 0.163. The largest absolute Gasteiger partial charge is 0.493 e. The van der Waals surface area contributed by atoms with E-state index in [4.69, 9.17) is 13.9 Å². The quantitative estimate of drug-likeness (QED) is 0.816. The van der Waals surface area contributed by atoms with E-state index in [-0.39, 0.29) is 6.10 Å². The summed E-state index contributed by atoms with van der Waals surface area (Å²) >= 11 is 0. The molecule has 1 aromatic carbocycles. The van der Waals surface area contributed by atoms with E-state index >= 15 is 0 Å². The number of aromatic nitrogens is 2. The fourth-order valence-corrected chi connectivity index (χ4v) is 2.75. The van der Waals surface area contributed by atoms with Crippen molar-refractivity contribution < 1.29 is 13.9 Å². The van der Waals surface area contributed by atoms with Gasteiger partial charge in [0, 0.05) is 32.4 Å². The van der Waals surface area contributed by atoms with Gasteiger partial charge in [0.2, 0.25) is 5.89 Å². The Bertz CT molecular complexity index is 621. The zero-order chi connectivity index (χ0) is 16.1. The van der Waals surface area contributed by atoms with Gasteiger partial charge in [0.25, 0.3) is 0 Å². The van der Waals surface area contributed by atoms with Crippen molar-refractivity contribution in [2.45, 2.75) is 38.7 Å². The molecule has 1 aliphatic heterocycles. The first-order valence-corrected chi connectivity index (χ1v) is 8.17. The van der Waals surface area contributed by atoms with Crippen LogP contribution in [0.2, 0.25) is 0 Å². The minimum Gasteiger partial charge on any atom is -0.493 e. The number of methoxy groups -OCH3 is 1. The standard InChI is InChI=1S/C17H23N3O3/c1-3-6-16-18-19-17(23-16)20-11-9-13(10-12-20)22-15-8-5-4-7-14(15)21-2/h4-5,7-8,13H,3,6,9-12H2,1-2H3. The van der Waals surface area contributed by atoms with Crippen LogP contribution in [-0.4, -0.2) is 36.5 Å². The van der Waals surface area contributed by atoms with Crippen LogP contribution in [0.3, 0.4) is 0 Å². The van der Waals surface area contributed by atoms with Crippen molar-refractivity contribution in [2.24, 2.45) is 0 Å². The minimum atomic E-state index is 0.181. The molecule has 1 aliphatic rings. The van der Waals surface area contributed by atoms with E-state index in [0.29, 0.717) is 6.01 Å². The van der Waals surface area contributed by atoms with Crippen LogP contribution < -0.4 is 14.4 Å². The molecule has 124 valence electrons. The first-order chi connectivity index (χ1) is 11.3. The van der Waals surface area contributed by atoms with Crippen molar-refractivity contribution in [1.29, 1.82) is 0 Å². The van der Waals surface area contributed by atoms with Gasteiger partial charge in [0.05, 0.1) is 7.11 Å². The molecule has 23 heavy (non-hydrogen) atoms. The number of piperidine rings is 1. The molecule has 0 radical (unpaired) electrons. The topological polar surface area (TPSA) is 60.6 Å². The summed E-state index contributed by atoms with van der Waals surface area (Å²) in [6.45, 7) is 3.81. The second-order valence-electron chi connectivity index (χ2n) is 5.68. The Hall–Kier alpha value is -2.24. The number of aryl methyl sites for hydroxylation is 1. The van der Waals surface area contributed by atoms with E-state index in [1.165, 1.54) is 0 Å². The van der Waals surface area contributed by atoms with Crippen LogP contribution in [0.4, 0.5) is 6.01 Å². The predicted octanol–water partition coefficient (Wildman–Crippen LogP) is 3.08. The summed E-state index contributed by atoms with van der Waals surface area (Å²) in [5.74, 6) is 2.29. The Kier molecular flexibility index (Phi) is 5.00. The fourth-order valence-electron chi connectivity index (χ4n) is 2.75. The van der Waals surface area contributed by atoms with Gasteiger partial charge in [-0.2, -0.15) is 0 Å². The van der Waals surface area contributed by atoms with E-state index in [0.717, 1.165) is 56.2 Å². The number of hydrogen-bond acceptors (Lipinski definition) is 6. The van der Waals surface area contributed by atoms with E-state index in [1.807, 2.05) is 24.3 Å². The normalized spacial score (nSPS) is 15.7. The van der Waals surface area contributed by atoms with Gasteiger partial charge in [-0.05, 0) is 18.6 Å². The van der Waals surface area contributed by atoms with Gasteiger partial charge in [0.15, 0.2) is 11.5 Å². The first kappa shape index (κ1) is 15.6. The summed E-state index contributed by atoms with van der Waals surface area (Å²) in [6.07, 6.45) is 3.87. The average Bonchev–Trinajstić information content (AvgIpc) is 3.05. The lowest BCUT2D eigenvalue weighted by Gasteiger charge is -2.31. The Morgan fingerprint density at radius 2 is 1.91 bits per heavy atom. The monoisotopic (exact) mass is 317 g/mol. The lowest BCUT2D eigenvalue weighted by Crippen LogP contribution is -2.38. The summed E-state index contributed by atoms with van der Waals surface area (Å²) in [5, 5.41) is 8.23. The molecule has 6 heteroatoms. The summed E-state index contributed by atoms with van der Waals surface area (Å²) < 4.78 is 17.1. The predicted molar refractivity (Wildman–Crippen MR) is 87.2 cm³/mol. The third-order valence-corrected chi connectivity index (χ3v) is 4.00. The Morgan fingerprint density at radius 1 is 1.17 bits per heavy atom. The van der Waals surface area contributed by atoms with Crippen LogP contribution in [0, 0.1) is 0 Å². The number of nitrogens with zero attached hydrogens (tertiary/aromatic N) is 3. The molecule has 6 nitrogen and oxygen atoms in total. The molecular weight excluding hydrogens is 294 g/mol. The minimum absolute atomic E-state index is 0.181. The Balaban J connectivity index is 1.55. The van der Waals surface area contributed by atoms with E-state index in [2.05, 4.69) is 22.0 Å². The zero-order valence-electron chi connectivity index (χ0n) is 13.7. The highest BCUT2D eigenvalue weighted by Gasteiger charge is 2.24. The van der Waals surface area contributed by atoms with Crippen LogP contribution in [0.5, 0.6) is 11.5 Å². The molecular formula is C17H23N3O3. The molecule has 0 aliphatic carbocycles. The van der Waals surface area contributed by atoms with Crippen molar-refractivity contribution in [3.8, 4) is 11.5 Å². The van der Waals surface area contributed by atoms with E-state index in [1.54, 1.807) is 7.11 Å². The summed E-state index contributed by atoms with van der Waals surface area (Å²) in [5.41, 5.74) is 0. The Morgan fingerprint density at radius 3 is 2.61 bits per heavy atom. The van der Waals surface area contributed by atoms with Crippen molar-refractivity contribution in [1.82, 2.24) is 10.2 Å². The molecule has 1 fully saturated rings.